The number of nitrogens with zero attached hydrogens (tertiary/aromatic N) is 2. The average Bonchev–Trinajstić information content (AvgIpc) is 2.63. The zero-order valence-electron chi connectivity index (χ0n) is 15.7. The molecule has 0 aliphatic heterocycles. The Balaban J connectivity index is 1.93. The normalized spacial score (nSPS) is 10.3. The van der Waals surface area contributed by atoms with Gasteiger partial charge in [0.1, 0.15) is 0 Å². The fourth-order valence-corrected chi connectivity index (χ4v) is 2.54. The summed E-state index contributed by atoms with van der Waals surface area (Å²) < 4.78 is 5.25. The highest BCUT2D eigenvalue weighted by atomic mass is 35.5. The number of amides is 2. The molecule has 2 aromatic carbocycles. The summed E-state index contributed by atoms with van der Waals surface area (Å²) >= 11 is 5.74. The lowest BCUT2D eigenvalue weighted by atomic mass is 10.1. The minimum atomic E-state index is -0.646. The molecule has 0 saturated carbocycles. The number of anilines is 1. The number of nitrogens with one attached hydrogen (secondary N) is 1. The third-order valence-corrected chi connectivity index (χ3v) is 4.18. The van der Waals surface area contributed by atoms with Gasteiger partial charge in [0.2, 0.25) is 5.91 Å². The Labute approximate surface area is 167 Å². The first-order valence-corrected chi connectivity index (χ1v) is 8.73. The van der Waals surface area contributed by atoms with E-state index in [4.69, 9.17) is 16.3 Å². The van der Waals surface area contributed by atoms with Crippen molar-refractivity contribution in [2.24, 2.45) is 0 Å². The van der Waals surface area contributed by atoms with Crippen molar-refractivity contribution in [2.45, 2.75) is 13.8 Å². The lowest BCUT2D eigenvalue weighted by molar-refractivity contribution is -0.385. The minimum Gasteiger partial charge on any atom is -0.477 e. The van der Waals surface area contributed by atoms with Crippen LogP contribution in [0.2, 0.25) is 5.02 Å². The molecule has 0 fully saturated rings. The summed E-state index contributed by atoms with van der Waals surface area (Å²) in [5.41, 5.74) is 2.25. The number of carbonyl (C=O) groups excluding carboxylic acids is 2. The van der Waals surface area contributed by atoms with Gasteiger partial charge in [0.05, 0.1) is 11.5 Å². The van der Waals surface area contributed by atoms with Crippen molar-refractivity contribution in [2.75, 3.05) is 25.5 Å². The third kappa shape index (κ3) is 5.68. The topological polar surface area (TPSA) is 102 Å². The van der Waals surface area contributed by atoms with Crippen molar-refractivity contribution < 1.29 is 19.2 Å². The highest BCUT2D eigenvalue weighted by Crippen LogP contribution is 2.29. The molecule has 1 N–H and O–H groups in total. The van der Waals surface area contributed by atoms with E-state index in [0.717, 1.165) is 17.2 Å². The molecule has 2 aromatic rings. The Morgan fingerprint density at radius 1 is 1.21 bits per heavy atom. The maximum atomic E-state index is 12.2. The van der Waals surface area contributed by atoms with Crippen molar-refractivity contribution in [1.82, 2.24) is 4.90 Å². The number of likely N-dealkylation sites (N-methyl/N-ethyl adjacent to an activating group) is 1. The summed E-state index contributed by atoms with van der Waals surface area (Å²) in [4.78, 5) is 36.0. The van der Waals surface area contributed by atoms with E-state index in [-0.39, 0.29) is 28.9 Å². The van der Waals surface area contributed by atoms with Crippen molar-refractivity contribution in [3.63, 3.8) is 0 Å². The lowest BCUT2D eigenvalue weighted by Gasteiger charge is -2.18. The Morgan fingerprint density at radius 3 is 2.61 bits per heavy atom. The van der Waals surface area contributed by atoms with Crippen LogP contribution in [0.25, 0.3) is 0 Å². The zero-order chi connectivity index (χ0) is 20.8. The number of ether oxygens (including phenoxy) is 1. The predicted molar refractivity (Wildman–Crippen MR) is 106 cm³/mol. The zero-order valence-corrected chi connectivity index (χ0v) is 16.4. The average molecular weight is 406 g/mol. The van der Waals surface area contributed by atoms with Gasteiger partial charge in [-0.05, 0) is 43.2 Å². The number of nitro benzene ring substituents is 1. The molecule has 9 heteroatoms. The van der Waals surface area contributed by atoms with Crippen LogP contribution in [0.15, 0.2) is 36.4 Å². The summed E-state index contributed by atoms with van der Waals surface area (Å²) in [5.74, 6) is -0.932. The first-order chi connectivity index (χ1) is 13.2. The van der Waals surface area contributed by atoms with Gasteiger partial charge in [-0.2, -0.15) is 0 Å². The van der Waals surface area contributed by atoms with Crippen LogP contribution in [0.3, 0.4) is 0 Å². The maximum absolute atomic E-state index is 12.2. The summed E-state index contributed by atoms with van der Waals surface area (Å²) in [5, 5.41) is 14.0. The first kappa shape index (κ1) is 21.2. The van der Waals surface area contributed by atoms with Crippen LogP contribution in [0.4, 0.5) is 11.4 Å². The number of hydrogen-bond donors (Lipinski definition) is 1. The molecule has 0 aliphatic rings. The van der Waals surface area contributed by atoms with Crippen LogP contribution in [0.5, 0.6) is 5.75 Å². The van der Waals surface area contributed by atoms with Gasteiger partial charge in [0, 0.05) is 23.8 Å². The van der Waals surface area contributed by atoms with Crippen LogP contribution in [-0.4, -0.2) is 41.8 Å². The Hall–Kier alpha value is -3.13. The van der Waals surface area contributed by atoms with Crippen molar-refractivity contribution in [3.05, 3.63) is 62.7 Å². The summed E-state index contributed by atoms with van der Waals surface area (Å²) in [6.45, 7) is 3.16. The molecule has 28 heavy (non-hydrogen) atoms. The smallest absolute Gasteiger partial charge is 0.312 e. The van der Waals surface area contributed by atoms with Gasteiger partial charge in [-0.1, -0.05) is 23.7 Å². The van der Waals surface area contributed by atoms with Gasteiger partial charge in [0.15, 0.2) is 12.4 Å². The van der Waals surface area contributed by atoms with Crippen LogP contribution in [0, 0.1) is 24.0 Å². The number of nitro groups is 1. The molecular formula is C19H20ClN3O5. The van der Waals surface area contributed by atoms with Crippen molar-refractivity contribution in [1.29, 1.82) is 0 Å². The largest absolute Gasteiger partial charge is 0.477 e. The van der Waals surface area contributed by atoms with Crippen LogP contribution in [0.1, 0.15) is 11.1 Å². The summed E-state index contributed by atoms with van der Waals surface area (Å²) in [7, 11) is 1.45. The molecular weight excluding hydrogens is 386 g/mol. The molecule has 0 aliphatic carbocycles. The predicted octanol–water partition coefficient (Wildman–Crippen LogP) is 3.34. The van der Waals surface area contributed by atoms with E-state index < -0.39 is 17.4 Å². The molecule has 0 unspecified atom stereocenters. The quantitative estimate of drug-likeness (QED) is 0.562. The van der Waals surface area contributed by atoms with Crippen LogP contribution in [-0.2, 0) is 9.59 Å². The van der Waals surface area contributed by atoms with Gasteiger partial charge in [-0.3, -0.25) is 19.7 Å². The molecule has 8 nitrogen and oxygen atoms in total. The molecule has 0 aromatic heterocycles. The molecule has 148 valence electrons. The Kier molecular flexibility index (Phi) is 6.94. The molecule has 2 amide bonds. The number of aryl methyl sites for hydroxylation is 2. The van der Waals surface area contributed by atoms with Gasteiger partial charge in [0.25, 0.3) is 5.91 Å². The van der Waals surface area contributed by atoms with E-state index in [2.05, 4.69) is 5.32 Å². The molecule has 0 saturated heterocycles. The monoisotopic (exact) mass is 405 g/mol. The molecule has 0 heterocycles. The van der Waals surface area contributed by atoms with Gasteiger partial charge in [-0.15, -0.1) is 0 Å². The van der Waals surface area contributed by atoms with E-state index in [9.17, 15) is 19.7 Å². The number of rotatable bonds is 7. The van der Waals surface area contributed by atoms with E-state index in [0.29, 0.717) is 5.69 Å². The second-order valence-electron chi connectivity index (χ2n) is 6.27. The van der Waals surface area contributed by atoms with E-state index in [1.807, 2.05) is 32.0 Å². The number of halogens is 1. The maximum Gasteiger partial charge on any atom is 0.312 e. The first-order valence-electron chi connectivity index (χ1n) is 8.35. The fourth-order valence-electron chi connectivity index (χ4n) is 2.37. The number of carbonyl (C=O) groups is 2. The van der Waals surface area contributed by atoms with E-state index in [1.54, 1.807) is 0 Å². The van der Waals surface area contributed by atoms with E-state index in [1.165, 1.54) is 24.1 Å². The van der Waals surface area contributed by atoms with Crippen molar-refractivity contribution in [3.8, 4) is 5.75 Å². The third-order valence-electron chi connectivity index (χ3n) is 3.94. The van der Waals surface area contributed by atoms with Crippen LogP contribution >= 0.6 is 11.6 Å². The summed E-state index contributed by atoms with van der Waals surface area (Å²) in [6, 6.07) is 9.57. The lowest BCUT2D eigenvalue weighted by Crippen LogP contribution is -2.37. The molecule has 0 bridgehead atoms. The highest BCUT2D eigenvalue weighted by Gasteiger charge is 2.19. The Bertz CT molecular complexity index is 916. The number of hydrogen-bond acceptors (Lipinski definition) is 5. The van der Waals surface area contributed by atoms with E-state index >= 15 is 0 Å². The summed E-state index contributed by atoms with van der Waals surface area (Å²) in [6.07, 6.45) is 0. The van der Waals surface area contributed by atoms with Gasteiger partial charge < -0.3 is 15.0 Å². The van der Waals surface area contributed by atoms with Crippen molar-refractivity contribution >= 4 is 34.8 Å². The molecule has 0 atom stereocenters. The number of benzene rings is 2. The Morgan fingerprint density at radius 2 is 1.93 bits per heavy atom. The molecule has 2 rings (SSSR count). The van der Waals surface area contributed by atoms with Gasteiger partial charge >= 0.3 is 5.69 Å². The highest BCUT2D eigenvalue weighted by molar-refractivity contribution is 6.30. The second kappa shape index (κ2) is 9.18. The SMILES string of the molecule is Cc1ccc(C)c(NC(=O)CN(C)C(=O)COc2ccc(Cl)cc2[N+](=O)[O-])c1. The molecule has 0 spiro atoms. The van der Waals surface area contributed by atoms with Crippen LogP contribution < -0.4 is 10.1 Å². The second-order valence-corrected chi connectivity index (χ2v) is 6.71. The minimum absolute atomic E-state index is 0.0732. The van der Waals surface area contributed by atoms with Gasteiger partial charge in [-0.25, -0.2) is 0 Å². The standard InChI is InChI=1S/C19H20ClN3O5/c1-12-4-5-13(2)15(8-12)21-18(24)10-22(3)19(25)11-28-17-7-6-14(20)9-16(17)23(26)27/h4-9H,10-11H2,1-3H3,(H,21,24). The fraction of sp³-hybridized carbons (Fsp3) is 0.263. The molecule has 0 radical (unpaired) electrons.